The molecule has 0 spiro atoms. The number of carbonyl (C=O) groups is 3. The minimum atomic E-state index is -0.371. The largest absolute Gasteiger partial charge is 0.462 e. The molecule has 2 amide bonds. The summed E-state index contributed by atoms with van der Waals surface area (Å²) in [7, 11) is 0. The molecule has 2 aliphatic rings. The van der Waals surface area contributed by atoms with Gasteiger partial charge < -0.3 is 4.74 Å². The van der Waals surface area contributed by atoms with Crippen LogP contribution in [0.15, 0.2) is 24.3 Å². The smallest absolute Gasteiger partial charge is 0.338 e. The monoisotopic (exact) mass is 527 g/mol. The van der Waals surface area contributed by atoms with Crippen molar-refractivity contribution in [2.24, 2.45) is 11.8 Å². The molecule has 0 bridgehead atoms. The minimum absolute atomic E-state index is 0.147. The van der Waals surface area contributed by atoms with Crippen LogP contribution in [-0.4, -0.2) is 34.0 Å². The first kappa shape index (κ1) is 22.5. The van der Waals surface area contributed by atoms with E-state index in [-0.39, 0.29) is 39.3 Å². The number of ether oxygens (including phenoxy) is 1. The van der Waals surface area contributed by atoms with Crippen LogP contribution in [0.5, 0.6) is 0 Å². The zero-order valence-corrected chi connectivity index (χ0v) is 19.8. The maximum Gasteiger partial charge on any atom is 0.338 e. The maximum atomic E-state index is 12.8. The number of benzene rings is 1. The van der Waals surface area contributed by atoms with E-state index in [1.165, 1.54) is 17.7 Å². The van der Waals surface area contributed by atoms with E-state index >= 15 is 0 Å². The summed E-state index contributed by atoms with van der Waals surface area (Å²) in [6, 6.07) is 6.56. The van der Waals surface area contributed by atoms with E-state index in [2.05, 4.69) is 38.8 Å². The number of hydrogen-bond acceptors (Lipinski definition) is 4. The average molecular weight is 529 g/mol. The molecular formula is C22H27Br2NO4. The minimum Gasteiger partial charge on any atom is -0.462 e. The first-order valence-electron chi connectivity index (χ1n) is 10.4. The van der Waals surface area contributed by atoms with Crippen LogP contribution in [-0.2, 0) is 14.3 Å². The molecule has 0 N–H and O–H groups in total. The van der Waals surface area contributed by atoms with Crippen molar-refractivity contribution >= 4 is 55.3 Å². The molecule has 1 heterocycles. The Bertz CT molecular complexity index is 724. The van der Waals surface area contributed by atoms with Crippen LogP contribution in [0.2, 0.25) is 0 Å². The number of carbonyl (C=O) groups excluding carboxylic acids is 3. The molecule has 7 heteroatoms. The number of anilines is 1. The number of rotatable bonds is 8. The summed E-state index contributed by atoms with van der Waals surface area (Å²) < 4.78 is 5.32. The summed E-state index contributed by atoms with van der Waals surface area (Å²) in [5.41, 5.74) is 0.947. The second-order valence-corrected chi connectivity index (χ2v) is 10.2. The number of halogens is 2. The number of nitrogens with zero attached hydrogens (tertiary/aromatic N) is 1. The van der Waals surface area contributed by atoms with E-state index in [4.69, 9.17) is 4.74 Å². The van der Waals surface area contributed by atoms with Gasteiger partial charge >= 0.3 is 5.97 Å². The summed E-state index contributed by atoms with van der Waals surface area (Å²) in [5.74, 6) is -1.22. The Balaban J connectivity index is 1.59. The fourth-order valence-electron chi connectivity index (χ4n) is 4.05. The number of hydrogen-bond donors (Lipinski definition) is 0. The number of imide groups is 1. The predicted molar refractivity (Wildman–Crippen MR) is 120 cm³/mol. The maximum absolute atomic E-state index is 12.8. The van der Waals surface area contributed by atoms with Gasteiger partial charge in [-0.1, -0.05) is 64.5 Å². The third kappa shape index (κ3) is 5.10. The first-order chi connectivity index (χ1) is 13.9. The van der Waals surface area contributed by atoms with Crippen molar-refractivity contribution in [3.63, 3.8) is 0 Å². The van der Waals surface area contributed by atoms with E-state index in [9.17, 15) is 14.4 Å². The van der Waals surface area contributed by atoms with Gasteiger partial charge in [0.2, 0.25) is 11.8 Å². The molecule has 29 heavy (non-hydrogen) atoms. The van der Waals surface area contributed by atoms with E-state index in [1.807, 2.05) is 0 Å². The van der Waals surface area contributed by atoms with Crippen molar-refractivity contribution in [3.05, 3.63) is 29.8 Å². The zero-order valence-electron chi connectivity index (χ0n) is 16.6. The molecule has 5 nitrogen and oxygen atoms in total. The Hall–Kier alpha value is -1.21. The third-order valence-electron chi connectivity index (χ3n) is 5.75. The van der Waals surface area contributed by atoms with Gasteiger partial charge in [-0.15, -0.1) is 0 Å². The van der Waals surface area contributed by atoms with Crippen molar-refractivity contribution in [2.75, 3.05) is 11.5 Å². The first-order valence-corrected chi connectivity index (χ1v) is 12.2. The van der Waals surface area contributed by atoms with Gasteiger partial charge in [-0.05, 0) is 43.5 Å². The second-order valence-electron chi connectivity index (χ2n) is 7.83. The van der Waals surface area contributed by atoms with E-state index in [1.54, 1.807) is 24.3 Å². The lowest BCUT2D eigenvalue weighted by molar-refractivity contribution is -0.122. The van der Waals surface area contributed by atoms with Gasteiger partial charge in [0.25, 0.3) is 0 Å². The highest BCUT2D eigenvalue weighted by Crippen LogP contribution is 2.44. The van der Waals surface area contributed by atoms with E-state index in [0.717, 1.165) is 19.3 Å². The van der Waals surface area contributed by atoms with Crippen LogP contribution in [0.3, 0.4) is 0 Å². The van der Waals surface area contributed by atoms with Gasteiger partial charge in [-0.3, -0.25) is 14.5 Å². The topological polar surface area (TPSA) is 63.7 Å². The summed E-state index contributed by atoms with van der Waals surface area (Å²) >= 11 is 7.19. The van der Waals surface area contributed by atoms with E-state index in [0.29, 0.717) is 30.7 Å². The molecule has 0 unspecified atom stereocenters. The van der Waals surface area contributed by atoms with Crippen molar-refractivity contribution in [3.8, 4) is 0 Å². The Kier molecular flexibility index (Phi) is 7.91. The molecule has 0 radical (unpaired) electrons. The third-order valence-corrected chi connectivity index (χ3v) is 8.49. The highest BCUT2D eigenvalue weighted by Gasteiger charge is 2.52. The summed E-state index contributed by atoms with van der Waals surface area (Å²) in [4.78, 5) is 39.5. The molecule has 158 valence electrons. The van der Waals surface area contributed by atoms with Crippen LogP contribution < -0.4 is 4.90 Å². The molecular weight excluding hydrogens is 502 g/mol. The van der Waals surface area contributed by atoms with Crippen molar-refractivity contribution in [1.29, 1.82) is 0 Å². The lowest BCUT2D eigenvalue weighted by Gasteiger charge is -2.29. The van der Waals surface area contributed by atoms with Crippen LogP contribution in [0.4, 0.5) is 5.69 Å². The molecule has 1 aliphatic heterocycles. The summed E-state index contributed by atoms with van der Waals surface area (Å²) in [5, 5.41) is 0. The second kappa shape index (κ2) is 10.2. The molecule has 1 saturated carbocycles. The average Bonchev–Trinajstić information content (AvgIpc) is 2.95. The van der Waals surface area contributed by atoms with Crippen molar-refractivity contribution in [1.82, 2.24) is 0 Å². The summed E-state index contributed by atoms with van der Waals surface area (Å²) in [6.07, 6.45) is 6.77. The van der Waals surface area contributed by atoms with Gasteiger partial charge in [0, 0.05) is 9.65 Å². The molecule has 1 aromatic carbocycles. The van der Waals surface area contributed by atoms with Crippen LogP contribution in [0, 0.1) is 11.8 Å². The molecule has 1 aliphatic carbocycles. The number of fused-ring (bicyclic) bond motifs is 1. The number of unbranched alkanes of at least 4 members (excludes halogenated alkanes) is 4. The molecule has 0 aromatic heterocycles. The van der Waals surface area contributed by atoms with Crippen molar-refractivity contribution < 1.29 is 19.1 Å². The summed E-state index contributed by atoms with van der Waals surface area (Å²) in [6.45, 7) is 2.58. The van der Waals surface area contributed by atoms with Crippen LogP contribution in [0.25, 0.3) is 0 Å². The van der Waals surface area contributed by atoms with Crippen LogP contribution in [0.1, 0.15) is 62.2 Å². The Morgan fingerprint density at radius 3 is 2.07 bits per heavy atom. The van der Waals surface area contributed by atoms with Gasteiger partial charge in [-0.25, -0.2) is 4.79 Å². The lowest BCUT2D eigenvalue weighted by atomic mass is 9.81. The van der Waals surface area contributed by atoms with Crippen LogP contribution >= 0.6 is 31.9 Å². The Morgan fingerprint density at radius 1 is 0.966 bits per heavy atom. The van der Waals surface area contributed by atoms with E-state index < -0.39 is 0 Å². The molecule has 2 fully saturated rings. The fourth-order valence-corrected chi connectivity index (χ4v) is 5.29. The Morgan fingerprint density at radius 2 is 1.52 bits per heavy atom. The fraction of sp³-hybridized carbons (Fsp3) is 0.591. The zero-order chi connectivity index (χ0) is 21.0. The molecule has 3 rings (SSSR count). The Labute approximate surface area is 188 Å². The SMILES string of the molecule is CCCCCCCOC(=O)c1ccc(N2C(=O)[C@H]3C[C@@H](Br)[C@H](Br)C[C@@H]3C2=O)cc1. The molecule has 1 aromatic rings. The van der Waals surface area contributed by atoms with Crippen molar-refractivity contribution in [2.45, 2.75) is 61.5 Å². The van der Waals surface area contributed by atoms with Gasteiger partial charge in [0.15, 0.2) is 0 Å². The lowest BCUT2D eigenvalue weighted by Crippen LogP contribution is -2.34. The highest BCUT2D eigenvalue weighted by atomic mass is 79.9. The van der Waals surface area contributed by atoms with Gasteiger partial charge in [0.1, 0.15) is 0 Å². The highest BCUT2D eigenvalue weighted by molar-refractivity contribution is 9.12. The standard InChI is InChI=1S/C22H27Br2NO4/c1-2-3-4-5-6-11-29-22(28)14-7-9-15(10-8-14)25-20(26)16-12-18(23)19(24)13-17(16)21(25)27/h7-10,16-19H,2-6,11-13H2,1H3/t16-,17-,18+,19+/m0/s1. The quantitative estimate of drug-likeness (QED) is 0.200. The number of amides is 2. The molecule has 1 saturated heterocycles. The number of esters is 1. The number of alkyl halides is 2. The molecule has 4 atom stereocenters. The normalized spacial score (nSPS) is 26.5. The van der Waals surface area contributed by atoms with Gasteiger partial charge in [0.05, 0.1) is 29.7 Å². The van der Waals surface area contributed by atoms with Gasteiger partial charge in [-0.2, -0.15) is 0 Å². The predicted octanol–water partition coefficient (Wildman–Crippen LogP) is 5.24.